The molecule has 4 heteroatoms. The van der Waals surface area contributed by atoms with Gasteiger partial charge in [0.2, 0.25) is 0 Å². The summed E-state index contributed by atoms with van der Waals surface area (Å²) in [6.45, 7) is 3.98. The maximum Gasteiger partial charge on any atom is 0.0599 e. The highest BCUT2D eigenvalue weighted by molar-refractivity contribution is 5.03. The summed E-state index contributed by atoms with van der Waals surface area (Å²) in [5.41, 5.74) is 1.14. The lowest BCUT2D eigenvalue weighted by atomic mass is 10.1. The molecule has 1 fully saturated rings. The molecule has 4 nitrogen and oxygen atoms in total. The van der Waals surface area contributed by atoms with Crippen LogP contribution in [0.3, 0.4) is 0 Å². The number of aliphatic hydroxyl groups is 1. The molecule has 0 radical (unpaired) electrons. The molecule has 2 heterocycles. The standard InChI is InChI=1S/C14H22N2O2/c17-10-3-11-18-14-5-8-16(9-6-14)12-13-4-1-2-7-15-13/h1-2,4,7,14,17H,3,5-6,8-12H2. The molecular formula is C14H22N2O2. The fourth-order valence-corrected chi connectivity index (χ4v) is 2.27. The lowest BCUT2D eigenvalue weighted by Crippen LogP contribution is -2.36. The van der Waals surface area contributed by atoms with Crippen molar-refractivity contribution in [2.75, 3.05) is 26.3 Å². The van der Waals surface area contributed by atoms with Gasteiger partial charge >= 0.3 is 0 Å². The topological polar surface area (TPSA) is 45.6 Å². The number of pyridine rings is 1. The van der Waals surface area contributed by atoms with Crippen LogP contribution in [0.1, 0.15) is 25.0 Å². The van der Waals surface area contributed by atoms with Crippen molar-refractivity contribution in [1.82, 2.24) is 9.88 Å². The van der Waals surface area contributed by atoms with Gasteiger partial charge in [0.1, 0.15) is 0 Å². The van der Waals surface area contributed by atoms with Crippen LogP contribution in [0.5, 0.6) is 0 Å². The van der Waals surface area contributed by atoms with E-state index in [1.165, 1.54) is 0 Å². The molecular weight excluding hydrogens is 228 g/mol. The molecule has 1 aromatic heterocycles. The largest absolute Gasteiger partial charge is 0.396 e. The molecule has 0 aliphatic carbocycles. The maximum atomic E-state index is 8.71. The Kier molecular flexibility index (Phi) is 5.58. The third kappa shape index (κ3) is 4.37. The minimum absolute atomic E-state index is 0.221. The smallest absolute Gasteiger partial charge is 0.0599 e. The molecule has 0 spiro atoms. The van der Waals surface area contributed by atoms with Crippen molar-refractivity contribution in [1.29, 1.82) is 0 Å². The zero-order valence-corrected chi connectivity index (χ0v) is 10.8. The minimum Gasteiger partial charge on any atom is -0.396 e. The normalized spacial score (nSPS) is 18.1. The Hall–Kier alpha value is -0.970. The first-order valence-electron chi connectivity index (χ1n) is 6.73. The Labute approximate surface area is 109 Å². The summed E-state index contributed by atoms with van der Waals surface area (Å²) in [5, 5.41) is 8.71. The number of hydrogen-bond acceptors (Lipinski definition) is 4. The highest BCUT2D eigenvalue weighted by Crippen LogP contribution is 2.15. The van der Waals surface area contributed by atoms with Crippen molar-refractivity contribution in [3.63, 3.8) is 0 Å². The Bertz CT molecular complexity index is 324. The van der Waals surface area contributed by atoms with E-state index in [0.29, 0.717) is 12.7 Å². The van der Waals surface area contributed by atoms with Gasteiger partial charge in [0.05, 0.1) is 11.8 Å². The summed E-state index contributed by atoms with van der Waals surface area (Å²) in [5.74, 6) is 0. The van der Waals surface area contributed by atoms with Gasteiger partial charge < -0.3 is 9.84 Å². The second-order valence-corrected chi connectivity index (χ2v) is 4.74. The van der Waals surface area contributed by atoms with Gasteiger partial charge in [-0.2, -0.15) is 0 Å². The van der Waals surface area contributed by atoms with Crippen molar-refractivity contribution in [3.05, 3.63) is 30.1 Å². The van der Waals surface area contributed by atoms with Crippen molar-refractivity contribution < 1.29 is 9.84 Å². The van der Waals surface area contributed by atoms with Gasteiger partial charge in [0.25, 0.3) is 0 Å². The molecule has 1 aromatic rings. The summed E-state index contributed by atoms with van der Waals surface area (Å²) in [6.07, 6.45) is 5.13. The lowest BCUT2D eigenvalue weighted by molar-refractivity contribution is 0.000577. The molecule has 0 bridgehead atoms. The second-order valence-electron chi connectivity index (χ2n) is 4.74. The molecule has 0 amide bonds. The van der Waals surface area contributed by atoms with Crippen LogP contribution in [0, 0.1) is 0 Å². The molecule has 1 saturated heterocycles. The van der Waals surface area contributed by atoms with E-state index in [9.17, 15) is 0 Å². The fourth-order valence-electron chi connectivity index (χ4n) is 2.27. The molecule has 1 aliphatic rings. The highest BCUT2D eigenvalue weighted by atomic mass is 16.5. The number of nitrogens with zero attached hydrogens (tertiary/aromatic N) is 2. The molecule has 0 atom stereocenters. The summed E-state index contributed by atoms with van der Waals surface area (Å²) < 4.78 is 5.72. The third-order valence-electron chi connectivity index (χ3n) is 3.30. The first-order valence-corrected chi connectivity index (χ1v) is 6.73. The van der Waals surface area contributed by atoms with E-state index in [1.807, 2.05) is 18.3 Å². The van der Waals surface area contributed by atoms with Crippen molar-refractivity contribution in [2.45, 2.75) is 31.9 Å². The predicted octanol–water partition coefficient (Wildman–Crippen LogP) is 1.44. The van der Waals surface area contributed by atoms with Gasteiger partial charge in [0, 0.05) is 39.0 Å². The SMILES string of the molecule is OCCCOC1CCN(Cc2ccccn2)CC1. The van der Waals surface area contributed by atoms with Crippen LogP contribution < -0.4 is 0 Å². The predicted molar refractivity (Wildman–Crippen MR) is 70.2 cm³/mol. The summed E-state index contributed by atoms with van der Waals surface area (Å²) in [4.78, 5) is 6.78. The number of likely N-dealkylation sites (tertiary alicyclic amines) is 1. The molecule has 1 N–H and O–H groups in total. The van der Waals surface area contributed by atoms with Crippen LogP contribution in [-0.2, 0) is 11.3 Å². The Morgan fingerprint density at radius 3 is 2.83 bits per heavy atom. The molecule has 1 aliphatic heterocycles. The van der Waals surface area contributed by atoms with E-state index in [1.54, 1.807) is 0 Å². The van der Waals surface area contributed by atoms with Crippen LogP contribution in [0.2, 0.25) is 0 Å². The second kappa shape index (κ2) is 7.46. The molecule has 0 aromatic carbocycles. The van der Waals surface area contributed by atoms with Gasteiger partial charge in [0.15, 0.2) is 0 Å². The first kappa shape index (κ1) is 13.5. The van der Waals surface area contributed by atoms with Gasteiger partial charge in [-0.3, -0.25) is 9.88 Å². The number of rotatable bonds is 6. The molecule has 0 unspecified atom stereocenters. The summed E-state index contributed by atoms with van der Waals surface area (Å²) in [7, 11) is 0. The molecule has 100 valence electrons. The van der Waals surface area contributed by atoms with E-state index in [-0.39, 0.29) is 6.61 Å². The van der Waals surface area contributed by atoms with Gasteiger partial charge in [-0.15, -0.1) is 0 Å². The van der Waals surface area contributed by atoms with Crippen LogP contribution in [0.15, 0.2) is 24.4 Å². The number of piperidine rings is 1. The fraction of sp³-hybridized carbons (Fsp3) is 0.643. The average molecular weight is 250 g/mol. The van der Waals surface area contributed by atoms with E-state index in [4.69, 9.17) is 9.84 Å². The molecule has 18 heavy (non-hydrogen) atoms. The van der Waals surface area contributed by atoms with Crippen LogP contribution in [-0.4, -0.2) is 47.4 Å². The highest BCUT2D eigenvalue weighted by Gasteiger charge is 2.19. The zero-order chi connectivity index (χ0) is 12.6. The Morgan fingerprint density at radius 2 is 2.17 bits per heavy atom. The molecule has 2 rings (SSSR count). The van der Waals surface area contributed by atoms with Crippen molar-refractivity contribution in [3.8, 4) is 0 Å². The zero-order valence-electron chi connectivity index (χ0n) is 10.8. The monoisotopic (exact) mass is 250 g/mol. The third-order valence-corrected chi connectivity index (χ3v) is 3.30. The number of ether oxygens (including phenoxy) is 1. The maximum absolute atomic E-state index is 8.71. The van der Waals surface area contributed by atoms with Gasteiger partial charge in [-0.05, 0) is 31.4 Å². The van der Waals surface area contributed by atoms with Gasteiger partial charge in [-0.1, -0.05) is 6.07 Å². The average Bonchev–Trinajstić information content (AvgIpc) is 2.42. The van der Waals surface area contributed by atoms with E-state index in [0.717, 1.165) is 44.6 Å². The quantitative estimate of drug-likeness (QED) is 0.776. The number of aliphatic hydroxyl groups excluding tert-OH is 1. The Balaban J connectivity index is 1.67. The molecule has 0 saturated carbocycles. The van der Waals surface area contributed by atoms with Crippen molar-refractivity contribution >= 4 is 0 Å². The lowest BCUT2D eigenvalue weighted by Gasteiger charge is -2.31. The first-order chi connectivity index (χ1) is 8.88. The van der Waals surface area contributed by atoms with E-state index >= 15 is 0 Å². The number of hydrogen-bond donors (Lipinski definition) is 1. The number of aromatic nitrogens is 1. The van der Waals surface area contributed by atoms with Crippen LogP contribution in [0.25, 0.3) is 0 Å². The van der Waals surface area contributed by atoms with Crippen LogP contribution in [0.4, 0.5) is 0 Å². The van der Waals surface area contributed by atoms with Crippen LogP contribution >= 0.6 is 0 Å². The minimum atomic E-state index is 0.221. The van der Waals surface area contributed by atoms with Crippen molar-refractivity contribution in [2.24, 2.45) is 0 Å². The summed E-state index contributed by atoms with van der Waals surface area (Å²) >= 11 is 0. The van der Waals surface area contributed by atoms with E-state index < -0.39 is 0 Å². The Morgan fingerprint density at radius 1 is 1.33 bits per heavy atom. The van der Waals surface area contributed by atoms with Gasteiger partial charge in [-0.25, -0.2) is 0 Å². The summed E-state index contributed by atoms with van der Waals surface area (Å²) in [6, 6.07) is 6.06. The van der Waals surface area contributed by atoms with E-state index in [2.05, 4.69) is 16.0 Å².